The minimum atomic E-state index is -1.50. The smallest absolute Gasteiger partial charge is 0.335 e. The number of Topliss-reactive ketones (excluding diaryl/α,β-unsaturated/α-hetero) is 1. The zero-order valence-electron chi connectivity index (χ0n) is 10.6. The number of allylic oxidation sites excluding steroid dienone is 2. The molecule has 0 aromatic heterocycles. The first-order chi connectivity index (χ1) is 7.97. The van der Waals surface area contributed by atoms with Crippen LogP contribution in [-0.4, -0.2) is 23.2 Å². The Hall–Kier alpha value is -0.830. The first-order valence-corrected chi connectivity index (χ1v) is 6.44. The summed E-state index contributed by atoms with van der Waals surface area (Å²) in [4.78, 5) is 22.4. The maximum absolute atomic E-state index is 12.2. The van der Waals surface area contributed by atoms with Crippen molar-refractivity contribution in [3.8, 4) is 0 Å². The van der Waals surface area contributed by atoms with Crippen LogP contribution in [0.5, 0.6) is 0 Å². The maximum atomic E-state index is 12.2. The van der Waals surface area contributed by atoms with Crippen molar-refractivity contribution < 1.29 is 14.3 Å². The van der Waals surface area contributed by atoms with Crippen molar-refractivity contribution in [2.45, 2.75) is 51.3 Å². The Labute approximate surface area is 107 Å². The molecule has 0 N–H and O–H groups in total. The highest BCUT2D eigenvalue weighted by molar-refractivity contribution is 6.49. The molecule has 0 amide bonds. The number of alkyl halides is 1. The molecule has 0 aromatic rings. The second-order valence-corrected chi connectivity index (χ2v) is 5.04. The molecule has 96 valence electrons. The van der Waals surface area contributed by atoms with Crippen LogP contribution < -0.4 is 0 Å². The number of esters is 1. The number of hydrogen-bond donors (Lipinski definition) is 0. The largest absolute Gasteiger partial charge is 0.464 e. The van der Waals surface area contributed by atoms with E-state index in [2.05, 4.69) is 6.92 Å². The summed E-state index contributed by atoms with van der Waals surface area (Å²) < 4.78 is 4.88. The molecule has 1 aliphatic rings. The van der Waals surface area contributed by atoms with Gasteiger partial charge in [-0.25, -0.2) is 4.79 Å². The van der Waals surface area contributed by atoms with Crippen LogP contribution in [0.3, 0.4) is 0 Å². The van der Waals surface area contributed by atoms with Crippen molar-refractivity contribution >= 4 is 23.4 Å². The van der Waals surface area contributed by atoms with E-state index in [1.165, 1.54) is 0 Å². The monoisotopic (exact) mass is 258 g/mol. The molecule has 0 aromatic carbocycles. The fourth-order valence-electron chi connectivity index (χ4n) is 2.08. The molecule has 4 heteroatoms. The van der Waals surface area contributed by atoms with Crippen molar-refractivity contribution in [1.82, 2.24) is 0 Å². The second-order valence-electron chi connectivity index (χ2n) is 4.39. The average Bonchev–Trinajstić information content (AvgIpc) is 2.50. The minimum Gasteiger partial charge on any atom is -0.464 e. The summed E-state index contributed by atoms with van der Waals surface area (Å²) >= 11 is 6.15. The zero-order valence-corrected chi connectivity index (χ0v) is 11.4. The minimum absolute atomic E-state index is 0.240. The lowest BCUT2D eigenvalue weighted by Crippen LogP contribution is -2.40. The van der Waals surface area contributed by atoms with Gasteiger partial charge >= 0.3 is 5.97 Å². The van der Waals surface area contributed by atoms with Crippen LogP contribution >= 0.6 is 11.6 Å². The molecule has 1 atom stereocenters. The molecule has 0 fully saturated rings. The normalized spacial score (nSPS) is 24.4. The summed E-state index contributed by atoms with van der Waals surface area (Å²) in [7, 11) is 0. The highest BCUT2D eigenvalue weighted by Crippen LogP contribution is 2.39. The van der Waals surface area contributed by atoms with E-state index in [1.54, 1.807) is 6.92 Å². The highest BCUT2D eigenvalue weighted by atomic mass is 35.5. The van der Waals surface area contributed by atoms with Crippen LogP contribution in [0, 0.1) is 0 Å². The molecule has 1 rings (SSSR count). The summed E-state index contributed by atoms with van der Waals surface area (Å²) in [5, 5.41) is 0. The van der Waals surface area contributed by atoms with E-state index in [9.17, 15) is 9.59 Å². The van der Waals surface area contributed by atoms with Crippen molar-refractivity contribution in [2.24, 2.45) is 0 Å². The first-order valence-electron chi connectivity index (χ1n) is 6.06. The van der Waals surface area contributed by atoms with E-state index in [-0.39, 0.29) is 18.8 Å². The van der Waals surface area contributed by atoms with Gasteiger partial charge in [-0.1, -0.05) is 30.5 Å². The van der Waals surface area contributed by atoms with Crippen LogP contribution in [0.4, 0.5) is 0 Å². The van der Waals surface area contributed by atoms with Gasteiger partial charge in [0.25, 0.3) is 0 Å². The Morgan fingerprint density at radius 1 is 1.47 bits per heavy atom. The van der Waals surface area contributed by atoms with Gasteiger partial charge in [0.05, 0.1) is 6.61 Å². The van der Waals surface area contributed by atoms with E-state index >= 15 is 0 Å². The molecule has 3 nitrogen and oxygen atoms in total. The molecule has 0 bridgehead atoms. The van der Waals surface area contributed by atoms with Crippen LogP contribution in [0.2, 0.25) is 0 Å². The molecule has 1 unspecified atom stereocenters. The predicted molar refractivity (Wildman–Crippen MR) is 67.1 cm³/mol. The number of halogens is 1. The predicted octanol–water partition coefficient (Wildman–Crippen LogP) is 3.01. The molecule has 1 aliphatic carbocycles. The maximum Gasteiger partial charge on any atom is 0.335 e. The number of ether oxygens (including phenoxy) is 1. The quantitative estimate of drug-likeness (QED) is 0.433. The third-order valence-electron chi connectivity index (χ3n) is 3.04. The topological polar surface area (TPSA) is 43.4 Å². The van der Waals surface area contributed by atoms with E-state index in [4.69, 9.17) is 16.3 Å². The molecule has 0 heterocycles. The molecular formula is C13H19ClO3. The molecule has 17 heavy (non-hydrogen) atoms. The number of unbranched alkanes of at least 4 members (excludes halogenated alkanes) is 1. The summed E-state index contributed by atoms with van der Waals surface area (Å²) in [6.07, 6.45) is 2.94. The number of hydrogen-bond acceptors (Lipinski definition) is 3. The van der Waals surface area contributed by atoms with Crippen molar-refractivity contribution in [3.05, 3.63) is 11.1 Å². The number of rotatable bonds is 5. The number of carbonyl (C=O) groups is 2. The van der Waals surface area contributed by atoms with Gasteiger partial charge in [0.1, 0.15) is 0 Å². The van der Waals surface area contributed by atoms with Gasteiger partial charge in [-0.2, -0.15) is 0 Å². The summed E-state index contributed by atoms with van der Waals surface area (Å²) in [6, 6.07) is 0. The van der Waals surface area contributed by atoms with Crippen LogP contribution in [-0.2, 0) is 14.3 Å². The molecule has 0 spiro atoms. The van der Waals surface area contributed by atoms with Crippen LogP contribution in [0.25, 0.3) is 0 Å². The summed E-state index contributed by atoms with van der Waals surface area (Å²) in [6.45, 7) is 5.88. The van der Waals surface area contributed by atoms with Crippen LogP contribution in [0.1, 0.15) is 46.5 Å². The van der Waals surface area contributed by atoms with Gasteiger partial charge in [-0.15, -0.1) is 0 Å². The Morgan fingerprint density at radius 2 is 2.12 bits per heavy atom. The van der Waals surface area contributed by atoms with Gasteiger partial charge in [0.2, 0.25) is 4.87 Å². The third-order valence-corrected chi connectivity index (χ3v) is 3.50. The Balaban J connectivity index is 2.84. The Morgan fingerprint density at radius 3 is 2.65 bits per heavy atom. The molecule has 0 saturated carbocycles. The van der Waals surface area contributed by atoms with E-state index in [0.717, 1.165) is 24.0 Å². The second kappa shape index (κ2) is 5.67. The SMILES string of the molecule is CCCCC1=C(C)CC(Cl)(C(=O)OCC)C1=O. The van der Waals surface area contributed by atoms with E-state index in [1.807, 2.05) is 6.92 Å². The van der Waals surface area contributed by atoms with E-state index in [0.29, 0.717) is 6.42 Å². The lowest BCUT2D eigenvalue weighted by atomic mass is 10.0. The van der Waals surface area contributed by atoms with Crippen molar-refractivity contribution in [3.63, 3.8) is 0 Å². The summed E-state index contributed by atoms with van der Waals surface area (Å²) in [5.41, 5.74) is 1.64. The molecule has 0 aliphatic heterocycles. The number of ketones is 1. The van der Waals surface area contributed by atoms with Gasteiger partial charge < -0.3 is 4.74 Å². The van der Waals surface area contributed by atoms with Gasteiger partial charge in [0.15, 0.2) is 5.78 Å². The lowest BCUT2D eigenvalue weighted by Gasteiger charge is -2.17. The Kier molecular flexibility index (Phi) is 4.75. The molecule has 0 saturated heterocycles. The fraction of sp³-hybridized carbons (Fsp3) is 0.692. The standard InChI is InChI=1S/C13H19ClO3/c1-4-6-7-10-9(3)8-13(14,11(10)15)12(16)17-5-2/h4-8H2,1-3H3. The average molecular weight is 259 g/mol. The number of carbonyl (C=O) groups excluding carboxylic acids is 2. The summed E-state index contributed by atoms with van der Waals surface area (Å²) in [5.74, 6) is -0.874. The van der Waals surface area contributed by atoms with E-state index < -0.39 is 10.8 Å². The van der Waals surface area contributed by atoms with Gasteiger partial charge in [-0.3, -0.25) is 4.79 Å². The fourth-order valence-corrected chi connectivity index (χ4v) is 2.45. The van der Waals surface area contributed by atoms with Gasteiger partial charge in [0, 0.05) is 6.42 Å². The lowest BCUT2D eigenvalue weighted by molar-refractivity contribution is -0.148. The first kappa shape index (κ1) is 14.2. The van der Waals surface area contributed by atoms with Crippen molar-refractivity contribution in [1.29, 1.82) is 0 Å². The van der Waals surface area contributed by atoms with Crippen LogP contribution in [0.15, 0.2) is 11.1 Å². The molecule has 0 radical (unpaired) electrons. The third kappa shape index (κ3) is 2.71. The van der Waals surface area contributed by atoms with Crippen molar-refractivity contribution in [2.75, 3.05) is 6.61 Å². The highest BCUT2D eigenvalue weighted by Gasteiger charge is 2.51. The molecular weight excluding hydrogens is 240 g/mol. The zero-order chi connectivity index (χ0) is 13.1. The van der Waals surface area contributed by atoms with Gasteiger partial charge in [-0.05, 0) is 32.3 Å². The Bertz CT molecular complexity index is 360.